The molecule has 4 heteroatoms. The van der Waals surface area contributed by atoms with Crippen LogP contribution in [0, 0.1) is 0 Å². The van der Waals surface area contributed by atoms with Crippen LogP contribution in [0.4, 0.5) is 17.1 Å². The number of ether oxygens (including phenoxy) is 1. The monoisotopic (exact) mass is 441 g/mol. The molecule has 0 N–H and O–H groups in total. The lowest BCUT2D eigenvalue weighted by Crippen LogP contribution is -2.39. The van der Waals surface area contributed by atoms with Crippen LogP contribution in [-0.4, -0.2) is 44.7 Å². The summed E-state index contributed by atoms with van der Waals surface area (Å²) in [6.45, 7) is 4.00. The highest BCUT2D eigenvalue weighted by atomic mass is 16.5. The van der Waals surface area contributed by atoms with E-state index in [2.05, 4.69) is 102 Å². The minimum atomic E-state index is 0.567. The Morgan fingerprint density at radius 1 is 0.939 bits per heavy atom. The normalized spacial score (nSPS) is 17.8. The molecule has 0 spiro atoms. The number of benzene rings is 3. The van der Waals surface area contributed by atoms with Crippen LogP contribution in [0.3, 0.4) is 0 Å². The summed E-state index contributed by atoms with van der Waals surface area (Å²) in [6, 6.07) is 26.7. The van der Waals surface area contributed by atoms with Crippen molar-refractivity contribution in [3.63, 3.8) is 0 Å². The van der Waals surface area contributed by atoms with Crippen LogP contribution in [0.1, 0.15) is 30.4 Å². The number of fused-ring (bicyclic) bond motifs is 2. The highest BCUT2D eigenvalue weighted by Crippen LogP contribution is 2.40. The zero-order valence-electron chi connectivity index (χ0n) is 19.9. The molecular formula is C29H35N3O. The first-order chi connectivity index (χ1) is 16.2. The Labute approximate surface area is 198 Å². The van der Waals surface area contributed by atoms with Crippen LogP contribution in [0.15, 0.2) is 72.8 Å². The first-order valence-electron chi connectivity index (χ1n) is 12.3. The van der Waals surface area contributed by atoms with E-state index in [4.69, 9.17) is 4.74 Å². The SMILES string of the molecule is CN(C)c1cccc(CCCN2CCCC2CN2c3ccccc3COc3ccccc32)c1. The fourth-order valence-corrected chi connectivity index (χ4v) is 5.26. The van der Waals surface area contributed by atoms with Gasteiger partial charge in [0.2, 0.25) is 0 Å². The minimum Gasteiger partial charge on any atom is -0.487 e. The molecule has 2 aliphatic heterocycles. The summed E-state index contributed by atoms with van der Waals surface area (Å²) in [5.41, 5.74) is 6.46. The molecule has 33 heavy (non-hydrogen) atoms. The van der Waals surface area contributed by atoms with Gasteiger partial charge in [-0.25, -0.2) is 0 Å². The molecule has 5 rings (SSSR count). The zero-order valence-corrected chi connectivity index (χ0v) is 19.9. The van der Waals surface area contributed by atoms with Crippen molar-refractivity contribution in [2.75, 3.05) is 43.5 Å². The lowest BCUT2D eigenvalue weighted by molar-refractivity contribution is 0.255. The molecule has 0 aromatic heterocycles. The lowest BCUT2D eigenvalue weighted by Gasteiger charge is -2.32. The van der Waals surface area contributed by atoms with Crippen molar-refractivity contribution >= 4 is 17.1 Å². The van der Waals surface area contributed by atoms with Gasteiger partial charge in [-0.15, -0.1) is 0 Å². The smallest absolute Gasteiger partial charge is 0.143 e. The minimum absolute atomic E-state index is 0.567. The largest absolute Gasteiger partial charge is 0.487 e. The second-order valence-electron chi connectivity index (χ2n) is 9.50. The molecule has 1 saturated heterocycles. The van der Waals surface area contributed by atoms with Gasteiger partial charge in [-0.3, -0.25) is 4.90 Å². The predicted octanol–water partition coefficient (Wildman–Crippen LogP) is 5.88. The highest BCUT2D eigenvalue weighted by molar-refractivity contribution is 5.72. The van der Waals surface area contributed by atoms with E-state index in [9.17, 15) is 0 Å². The predicted molar refractivity (Wildman–Crippen MR) is 138 cm³/mol. The van der Waals surface area contributed by atoms with E-state index < -0.39 is 0 Å². The van der Waals surface area contributed by atoms with Crippen LogP contribution in [-0.2, 0) is 13.0 Å². The molecule has 1 unspecified atom stereocenters. The Balaban J connectivity index is 1.29. The summed E-state index contributed by atoms with van der Waals surface area (Å²) in [7, 11) is 4.22. The van der Waals surface area contributed by atoms with Crippen LogP contribution in [0.25, 0.3) is 0 Å². The fraction of sp³-hybridized carbons (Fsp3) is 0.379. The summed E-state index contributed by atoms with van der Waals surface area (Å²) >= 11 is 0. The van der Waals surface area contributed by atoms with Crippen LogP contribution < -0.4 is 14.5 Å². The molecule has 4 nitrogen and oxygen atoms in total. The van der Waals surface area contributed by atoms with E-state index in [1.165, 1.54) is 54.0 Å². The standard InChI is InChI=1S/C29H35N3O/c1-30(2)25-13-7-10-23(20-25)11-8-18-31-19-9-14-26(31)21-32-27-15-4-3-12-24(27)22-33-29-17-6-5-16-28(29)32/h3-7,10,12-13,15-17,20,26H,8-9,11,14,18-19,21-22H2,1-2H3. The van der Waals surface area contributed by atoms with Gasteiger partial charge in [0.15, 0.2) is 0 Å². The lowest BCUT2D eigenvalue weighted by atomic mass is 10.1. The maximum Gasteiger partial charge on any atom is 0.143 e. The van der Waals surface area contributed by atoms with Crippen LogP contribution in [0.2, 0.25) is 0 Å². The average molecular weight is 442 g/mol. The quantitative estimate of drug-likeness (QED) is 0.456. The van der Waals surface area contributed by atoms with Gasteiger partial charge in [-0.1, -0.05) is 42.5 Å². The number of hydrogen-bond donors (Lipinski definition) is 0. The highest BCUT2D eigenvalue weighted by Gasteiger charge is 2.29. The van der Waals surface area contributed by atoms with Crippen molar-refractivity contribution in [2.45, 2.75) is 38.3 Å². The van der Waals surface area contributed by atoms with Gasteiger partial charge in [-0.2, -0.15) is 0 Å². The third kappa shape index (κ3) is 4.86. The topological polar surface area (TPSA) is 19.0 Å². The molecule has 0 radical (unpaired) electrons. The molecule has 0 aliphatic carbocycles. The van der Waals surface area contributed by atoms with E-state index in [-0.39, 0.29) is 0 Å². The van der Waals surface area contributed by atoms with Gasteiger partial charge < -0.3 is 14.5 Å². The van der Waals surface area contributed by atoms with Crippen molar-refractivity contribution in [1.29, 1.82) is 0 Å². The molecule has 2 aliphatic rings. The van der Waals surface area contributed by atoms with Crippen LogP contribution >= 0.6 is 0 Å². The molecule has 1 fully saturated rings. The third-order valence-corrected chi connectivity index (χ3v) is 7.05. The maximum atomic E-state index is 6.18. The summed E-state index contributed by atoms with van der Waals surface area (Å²) in [6.07, 6.45) is 4.88. The molecule has 0 bridgehead atoms. The van der Waals surface area contributed by atoms with E-state index in [1.54, 1.807) is 0 Å². The number of nitrogens with zero attached hydrogens (tertiary/aromatic N) is 3. The number of anilines is 3. The third-order valence-electron chi connectivity index (χ3n) is 7.05. The Morgan fingerprint density at radius 3 is 2.64 bits per heavy atom. The van der Waals surface area contributed by atoms with Crippen molar-refractivity contribution in [3.05, 3.63) is 83.9 Å². The first-order valence-corrected chi connectivity index (χ1v) is 12.3. The van der Waals surface area contributed by atoms with Crippen molar-refractivity contribution in [2.24, 2.45) is 0 Å². The van der Waals surface area contributed by atoms with E-state index in [1.807, 2.05) is 0 Å². The fourth-order valence-electron chi connectivity index (χ4n) is 5.26. The Hall–Kier alpha value is -2.98. The summed E-state index contributed by atoms with van der Waals surface area (Å²) < 4.78 is 6.18. The summed E-state index contributed by atoms with van der Waals surface area (Å²) in [5.74, 6) is 0.985. The van der Waals surface area contributed by atoms with Crippen LogP contribution in [0.5, 0.6) is 5.75 Å². The van der Waals surface area contributed by atoms with Gasteiger partial charge in [0.1, 0.15) is 12.4 Å². The van der Waals surface area contributed by atoms with E-state index in [0.29, 0.717) is 12.6 Å². The zero-order chi connectivity index (χ0) is 22.6. The second-order valence-corrected chi connectivity index (χ2v) is 9.50. The summed E-state index contributed by atoms with van der Waals surface area (Å²) in [5, 5.41) is 0. The molecule has 3 aromatic rings. The molecule has 2 heterocycles. The number of hydrogen-bond acceptors (Lipinski definition) is 4. The molecule has 1 atom stereocenters. The van der Waals surface area contributed by atoms with Gasteiger partial charge >= 0.3 is 0 Å². The van der Waals surface area contributed by atoms with Crippen molar-refractivity contribution in [3.8, 4) is 5.75 Å². The number of para-hydroxylation sites is 3. The first kappa shape index (κ1) is 21.8. The molecule has 0 amide bonds. The van der Waals surface area contributed by atoms with Gasteiger partial charge in [0.25, 0.3) is 0 Å². The Morgan fingerprint density at radius 2 is 1.76 bits per heavy atom. The van der Waals surface area contributed by atoms with Gasteiger partial charge in [0, 0.05) is 43.6 Å². The molecule has 3 aromatic carbocycles. The van der Waals surface area contributed by atoms with E-state index in [0.717, 1.165) is 25.3 Å². The number of likely N-dealkylation sites (tertiary alicyclic amines) is 1. The Bertz CT molecular complexity index is 1030. The number of aryl methyl sites for hydroxylation is 1. The van der Waals surface area contributed by atoms with Gasteiger partial charge in [0.05, 0.1) is 5.69 Å². The molecule has 172 valence electrons. The second kappa shape index (κ2) is 9.88. The maximum absolute atomic E-state index is 6.18. The number of rotatable bonds is 7. The van der Waals surface area contributed by atoms with Crippen molar-refractivity contribution in [1.82, 2.24) is 4.90 Å². The Kier molecular flexibility index (Phi) is 6.54. The molecular weight excluding hydrogens is 406 g/mol. The summed E-state index contributed by atoms with van der Waals surface area (Å²) in [4.78, 5) is 7.40. The van der Waals surface area contributed by atoms with Gasteiger partial charge in [-0.05, 0) is 74.7 Å². The average Bonchev–Trinajstić information content (AvgIpc) is 3.22. The van der Waals surface area contributed by atoms with E-state index >= 15 is 0 Å². The molecule has 0 saturated carbocycles. The van der Waals surface area contributed by atoms with Crippen molar-refractivity contribution < 1.29 is 4.74 Å².